The van der Waals surface area contributed by atoms with E-state index in [1.165, 1.54) is 4.90 Å². The van der Waals surface area contributed by atoms with Crippen molar-refractivity contribution in [3.8, 4) is 11.1 Å². The van der Waals surface area contributed by atoms with Crippen molar-refractivity contribution in [2.24, 2.45) is 7.05 Å². The molecule has 4 rings (SSSR count). The second-order valence-electron chi connectivity index (χ2n) is 10.0. The largest absolute Gasteiger partial charge is 0.444 e. The molecule has 0 saturated carbocycles. The number of nitrogens with one attached hydrogen (secondary N) is 1. The van der Waals surface area contributed by atoms with E-state index in [4.69, 9.17) is 15.5 Å². The molecule has 1 aliphatic heterocycles. The monoisotopic (exact) mass is 482 g/mol. The lowest BCUT2D eigenvalue weighted by Crippen LogP contribution is -2.54. The van der Waals surface area contributed by atoms with Gasteiger partial charge in [-0.25, -0.2) is 9.78 Å². The van der Waals surface area contributed by atoms with Gasteiger partial charge in [-0.2, -0.15) is 14.7 Å². The van der Waals surface area contributed by atoms with Gasteiger partial charge in [-0.3, -0.25) is 14.4 Å². The molecule has 11 heteroatoms. The van der Waals surface area contributed by atoms with Crippen LogP contribution in [0.1, 0.15) is 58.6 Å². The fourth-order valence-electron chi connectivity index (χ4n) is 4.35. The lowest BCUT2D eigenvalue weighted by molar-refractivity contribution is -0.127. The third-order valence-corrected chi connectivity index (χ3v) is 6.02. The summed E-state index contributed by atoms with van der Waals surface area (Å²) >= 11 is 0. The zero-order valence-corrected chi connectivity index (χ0v) is 21.0. The Morgan fingerprint density at radius 3 is 2.66 bits per heavy atom. The lowest BCUT2D eigenvalue weighted by Gasteiger charge is -2.39. The number of amides is 2. The first kappa shape index (κ1) is 24.5. The summed E-state index contributed by atoms with van der Waals surface area (Å²) in [7, 11) is 1.85. The van der Waals surface area contributed by atoms with Gasteiger partial charge in [0, 0.05) is 49.4 Å². The number of hydrogen-bond donors (Lipinski definition) is 2. The first-order valence-electron chi connectivity index (χ1n) is 12.0. The molecule has 3 aromatic heterocycles. The van der Waals surface area contributed by atoms with Crippen LogP contribution >= 0.6 is 0 Å². The van der Waals surface area contributed by atoms with E-state index in [1.807, 2.05) is 40.9 Å². The summed E-state index contributed by atoms with van der Waals surface area (Å²) in [5.74, 6) is 0.183. The summed E-state index contributed by atoms with van der Waals surface area (Å²) < 4.78 is 8.96. The first-order valence-corrected chi connectivity index (χ1v) is 12.0. The molecule has 0 aliphatic carbocycles. The third-order valence-electron chi connectivity index (χ3n) is 6.02. The van der Waals surface area contributed by atoms with Gasteiger partial charge in [-0.1, -0.05) is 6.92 Å². The topological polar surface area (TPSA) is 133 Å². The minimum atomic E-state index is -0.674. The molecule has 188 valence electrons. The minimum Gasteiger partial charge on any atom is -0.444 e. The van der Waals surface area contributed by atoms with Crippen LogP contribution in [0.3, 0.4) is 0 Å². The average Bonchev–Trinajstić information content (AvgIpc) is 3.42. The molecule has 1 saturated heterocycles. The van der Waals surface area contributed by atoms with Gasteiger partial charge in [0.05, 0.1) is 18.1 Å². The Labute approximate surface area is 204 Å². The van der Waals surface area contributed by atoms with Gasteiger partial charge in [-0.05, 0) is 40.0 Å². The number of fused-ring (bicyclic) bond motifs is 1. The molecule has 3 N–H and O–H groups in total. The van der Waals surface area contributed by atoms with E-state index < -0.39 is 17.7 Å². The van der Waals surface area contributed by atoms with Crippen molar-refractivity contribution in [3.05, 3.63) is 30.4 Å². The summed E-state index contributed by atoms with van der Waals surface area (Å²) in [4.78, 5) is 32.4. The maximum Gasteiger partial charge on any atom is 0.410 e. The molecule has 11 nitrogen and oxygen atoms in total. The fraction of sp³-hybridized carbons (Fsp3) is 0.542. The summed E-state index contributed by atoms with van der Waals surface area (Å²) in [6.07, 6.45) is 6.87. The van der Waals surface area contributed by atoms with E-state index in [0.29, 0.717) is 37.4 Å². The average molecular weight is 483 g/mol. The Morgan fingerprint density at radius 1 is 1.23 bits per heavy atom. The van der Waals surface area contributed by atoms with Crippen molar-refractivity contribution in [1.29, 1.82) is 0 Å². The van der Waals surface area contributed by atoms with Crippen molar-refractivity contribution < 1.29 is 14.3 Å². The Kier molecular flexibility index (Phi) is 6.68. The number of nitrogens with two attached hydrogens (primary N) is 1. The number of anilines is 1. The van der Waals surface area contributed by atoms with Gasteiger partial charge in [-0.15, -0.1) is 0 Å². The van der Waals surface area contributed by atoms with E-state index >= 15 is 0 Å². The molecule has 1 aliphatic rings. The summed E-state index contributed by atoms with van der Waals surface area (Å²) in [6.45, 7) is 8.30. The highest BCUT2D eigenvalue weighted by Crippen LogP contribution is 2.33. The molecule has 0 spiro atoms. The normalized spacial score (nSPS) is 18.6. The summed E-state index contributed by atoms with van der Waals surface area (Å²) in [5, 5.41) is 11.6. The quantitative estimate of drug-likeness (QED) is 0.571. The lowest BCUT2D eigenvalue weighted by atomic mass is 9.89. The van der Waals surface area contributed by atoms with Gasteiger partial charge < -0.3 is 15.8 Å². The molecule has 0 bridgehead atoms. The number of aryl methyl sites for hydroxylation is 1. The second kappa shape index (κ2) is 9.55. The van der Waals surface area contributed by atoms with Gasteiger partial charge in [0.15, 0.2) is 5.65 Å². The number of piperidine rings is 1. The molecular formula is C24H34N8O3. The smallest absolute Gasteiger partial charge is 0.410 e. The summed E-state index contributed by atoms with van der Waals surface area (Å²) in [6, 6.07) is 1.21. The number of nitrogens with zero attached hydrogens (tertiary/aromatic N) is 6. The van der Waals surface area contributed by atoms with Crippen LogP contribution in [-0.4, -0.2) is 66.0 Å². The van der Waals surface area contributed by atoms with Crippen molar-refractivity contribution in [2.45, 2.75) is 64.5 Å². The molecule has 35 heavy (non-hydrogen) atoms. The molecule has 0 radical (unpaired) electrons. The van der Waals surface area contributed by atoms with Gasteiger partial charge >= 0.3 is 6.09 Å². The molecule has 2 atom stereocenters. The third kappa shape index (κ3) is 5.23. The Hall–Kier alpha value is -3.63. The number of nitrogen functional groups attached to an aromatic ring is 1. The van der Waals surface area contributed by atoms with Crippen molar-refractivity contribution >= 4 is 23.5 Å². The molecule has 3 aromatic rings. The number of carbonyl (C=O) groups is 2. The van der Waals surface area contributed by atoms with Crippen LogP contribution in [-0.2, 0) is 16.6 Å². The van der Waals surface area contributed by atoms with Crippen molar-refractivity contribution in [2.75, 3.05) is 18.8 Å². The Morgan fingerprint density at radius 2 is 2.00 bits per heavy atom. The SMILES string of the molecule is CCCNC(=O)[C@@H]1CC[C@H](c2cc(N)n3ncc(-c4cnn(C)c4)c3n2)CN1C(=O)OC(C)(C)C. The van der Waals surface area contributed by atoms with Gasteiger partial charge in [0.1, 0.15) is 17.5 Å². The van der Waals surface area contributed by atoms with Gasteiger partial charge in [0.2, 0.25) is 5.91 Å². The van der Waals surface area contributed by atoms with Crippen LogP contribution in [0.4, 0.5) is 10.6 Å². The predicted molar refractivity (Wildman–Crippen MR) is 132 cm³/mol. The molecule has 2 amide bonds. The van der Waals surface area contributed by atoms with Crippen molar-refractivity contribution in [3.63, 3.8) is 0 Å². The molecule has 0 aromatic carbocycles. The van der Waals surface area contributed by atoms with Gasteiger partial charge in [0.25, 0.3) is 0 Å². The highest BCUT2D eigenvalue weighted by atomic mass is 16.6. The van der Waals surface area contributed by atoms with Crippen LogP contribution in [0.25, 0.3) is 16.8 Å². The first-order chi connectivity index (χ1) is 16.6. The zero-order chi connectivity index (χ0) is 25.3. The maximum absolute atomic E-state index is 13.1. The molecular weight excluding hydrogens is 448 g/mol. The van der Waals surface area contributed by atoms with Crippen LogP contribution in [0.15, 0.2) is 24.7 Å². The molecule has 1 fully saturated rings. The van der Waals surface area contributed by atoms with Crippen LogP contribution in [0.5, 0.6) is 0 Å². The maximum atomic E-state index is 13.1. The fourth-order valence-corrected chi connectivity index (χ4v) is 4.35. The van der Waals surface area contributed by atoms with Crippen LogP contribution < -0.4 is 11.1 Å². The van der Waals surface area contributed by atoms with Crippen LogP contribution in [0, 0.1) is 0 Å². The van der Waals surface area contributed by atoms with E-state index in [9.17, 15) is 9.59 Å². The number of hydrogen-bond acceptors (Lipinski definition) is 7. The number of aromatic nitrogens is 5. The van der Waals surface area contributed by atoms with Crippen LogP contribution in [0.2, 0.25) is 0 Å². The molecule has 4 heterocycles. The van der Waals surface area contributed by atoms with E-state index in [-0.39, 0.29) is 11.8 Å². The predicted octanol–water partition coefficient (Wildman–Crippen LogP) is 2.72. The number of likely N-dealkylation sites (tertiary alicyclic amines) is 1. The standard InChI is InChI=1S/C24H34N8O3/c1-6-9-26-22(33)19-8-7-15(14-31(19)23(34)35-24(2,3)4)18-10-20(25)32-21(29-18)17(12-28-32)16-11-27-30(5)13-16/h10-13,15,19H,6-9,14,25H2,1-5H3,(H,26,33)/t15-,19-/m0/s1. The molecule has 0 unspecified atom stereocenters. The number of ether oxygens (including phenoxy) is 1. The summed E-state index contributed by atoms with van der Waals surface area (Å²) in [5.41, 5.74) is 8.75. The second-order valence-corrected chi connectivity index (χ2v) is 10.0. The highest BCUT2D eigenvalue weighted by Gasteiger charge is 2.39. The Bertz CT molecular complexity index is 1230. The highest BCUT2D eigenvalue weighted by molar-refractivity contribution is 5.86. The Balaban J connectivity index is 1.66. The number of carbonyl (C=O) groups excluding carboxylic acids is 2. The number of rotatable bonds is 5. The van der Waals surface area contributed by atoms with Crippen molar-refractivity contribution in [1.82, 2.24) is 34.6 Å². The van der Waals surface area contributed by atoms with E-state index in [0.717, 1.165) is 23.2 Å². The van der Waals surface area contributed by atoms with E-state index in [2.05, 4.69) is 15.5 Å². The zero-order valence-electron chi connectivity index (χ0n) is 21.0. The minimum absolute atomic E-state index is 0.110. The van der Waals surface area contributed by atoms with E-state index in [1.54, 1.807) is 27.7 Å².